The highest BCUT2D eigenvalue weighted by Gasteiger charge is 2.17. The topological polar surface area (TPSA) is 61.6 Å². The predicted octanol–water partition coefficient (Wildman–Crippen LogP) is 2.65. The molecular weight excluding hydrogens is 254 g/mol. The second-order valence-electron chi connectivity index (χ2n) is 4.36. The normalized spacial score (nSPS) is 19.5. The van der Waals surface area contributed by atoms with Crippen LogP contribution in [-0.2, 0) is 9.47 Å². The molecule has 1 aromatic carbocycles. The molecule has 0 bridgehead atoms. The van der Waals surface area contributed by atoms with Gasteiger partial charge in [-0.15, -0.1) is 0 Å². The van der Waals surface area contributed by atoms with E-state index >= 15 is 0 Å². The zero-order chi connectivity index (χ0) is 13.0. The Hall–Kier alpha value is -1.26. The number of nitrogens with two attached hydrogens (primary N) is 1. The molecule has 4 nitrogen and oxygen atoms in total. The number of rotatable bonds is 3. The number of hydrogen-bond donors (Lipinski definition) is 1. The van der Waals surface area contributed by atoms with Gasteiger partial charge in [0.25, 0.3) is 0 Å². The fraction of sp³-hybridized carbons (Fsp3) is 0.462. The van der Waals surface area contributed by atoms with E-state index < -0.39 is 5.97 Å². The minimum atomic E-state index is -0.418. The quantitative estimate of drug-likeness (QED) is 0.677. The second-order valence-corrected chi connectivity index (χ2v) is 4.80. The van der Waals surface area contributed by atoms with Crippen molar-refractivity contribution in [1.29, 1.82) is 0 Å². The Morgan fingerprint density at radius 1 is 1.44 bits per heavy atom. The molecule has 18 heavy (non-hydrogen) atoms. The molecule has 1 aliphatic heterocycles. The van der Waals surface area contributed by atoms with E-state index in [-0.39, 0.29) is 12.7 Å². The summed E-state index contributed by atoms with van der Waals surface area (Å²) in [5.74, 6) is -0.418. The number of hydrogen-bond acceptors (Lipinski definition) is 4. The van der Waals surface area contributed by atoms with Gasteiger partial charge in [-0.3, -0.25) is 0 Å². The zero-order valence-electron chi connectivity index (χ0n) is 10.0. The van der Waals surface area contributed by atoms with E-state index in [0.29, 0.717) is 16.3 Å². The molecule has 1 unspecified atom stereocenters. The lowest BCUT2D eigenvalue weighted by molar-refractivity contribution is -0.0300. The summed E-state index contributed by atoms with van der Waals surface area (Å²) in [6.07, 6.45) is 3.14. The monoisotopic (exact) mass is 269 g/mol. The van der Waals surface area contributed by atoms with Gasteiger partial charge in [-0.05, 0) is 37.5 Å². The van der Waals surface area contributed by atoms with Crippen molar-refractivity contribution in [2.45, 2.75) is 25.4 Å². The predicted molar refractivity (Wildman–Crippen MR) is 69.7 cm³/mol. The Bertz CT molecular complexity index is 410. The minimum absolute atomic E-state index is 0.0132. The molecular formula is C13H16ClNO3. The van der Waals surface area contributed by atoms with Crippen LogP contribution in [0.25, 0.3) is 0 Å². The summed E-state index contributed by atoms with van der Waals surface area (Å²) >= 11 is 5.83. The Labute approximate surface area is 111 Å². The number of esters is 1. The van der Waals surface area contributed by atoms with Gasteiger partial charge in [0.05, 0.1) is 11.7 Å². The van der Waals surface area contributed by atoms with Crippen molar-refractivity contribution in [1.82, 2.24) is 0 Å². The molecule has 1 aliphatic rings. The van der Waals surface area contributed by atoms with Crippen molar-refractivity contribution in [3.63, 3.8) is 0 Å². The maximum atomic E-state index is 11.8. The van der Waals surface area contributed by atoms with Gasteiger partial charge in [0.1, 0.15) is 6.61 Å². The van der Waals surface area contributed by atoms with E-state index in [2.05, 4.69) is 0 Å². The van der Waals surface area contributed by atoms with Crippen molar-refractivity contribution in [2.24, 2.45) is 0 Å². The Morgan fingerprint density at radius 2 is 2.28 bits per heavy atom. The van der Waals surface area contributed by atoms with E-state index in [1.165, 1.54) is 0 Å². The van der Waals surface area contributed by atoms with E-state index in [1.54, 1.807) is 18.2 Å². The van der Waals surface area contributed by atoms with Crippen LogP contribution in [0.15, 0.2) is 18.2 Å². The highest BCUT2D eigenvalue weighted by atomic mass is 35.5. The number of halogens is 1. The van der Waals surface area contributed by atoms with Gasteiger partial charge in [0.2, 0.25) is 0 Å². The maximum absolute atomic E-state index is 11.8. The lowest BCUT2D eigenvalue weighted by atomic mass is 10.1. The summed E-state index contributed by atoms with van der Waals surface area (Å²) in [5, 5.41) is 0.427. The summed E-state index contributed by atoms with van der Waals surface area (Å²) in [4.78, 5) is 11.8. The molecule has 2 N–H and O–H groups in total. The third-order valence-electron chi connectivity index (χ3n) is 2.83. The van der Waals surface area contributed by atoms with Gasteiger partial charge in [-0.25, -0.2) is 4.79 Å². The van der Waals surface area contributed by atoms with Crippen LogP contribution in [-0.4, -0.2) is 25.3 Å². The van der Waals surface area contributed by atoms with Crippen LogP contribution in [0.4, 0.5) is 5.69 Å². The first-order valence-corrected chi connectivity index (χ1v) is 6.38. The number of benzene rings is 1. The molecule has 1 atom stereocenters. The summed E-state index contributed by atoms with van der Waals surface area (Å²) < 4.78 is 10.7. The van der Waals surface area contributed by atoms with Crippen LogP contribution in [0.1, 0.15) is 29.6 Å². The highest BCUT2D eigenvalue weighted by Crippen LogP contribution is 2.18. The van der Waals surface area contributed by atoms with E-state index in [9.17, 15) is 4.79 Å². The van der Waals surface area contributed by atoms with Crippen LogP contribution in [0, 0.1) is 0 Å². The molecule has 5 heteroatoms. The summed E-state index contributed by atoms with van der Waals surface area (Å²) in [5.41, 5.74) is 6.44. The molecule has 1 aromatic rings. The van der Waals surface area contributed by atoms with Gasteiger partial charge in [-0.1, -0.05) is 11.6 Å². The maximum Gasteiger partial charge on any atom is 0.338 e. The van der Waals surface area contributed by atoms with Crippen molar-refractivity contribution < 1.29 is 14.3 Å². The lowest BCUT2D eigenvalue weighted by Crippen LogP contribution is -2.25. The zero-order valence-corrected chi connectivity index (χ0v) is 10.8. The highest BCUT2D eigenvalue weighted by molar-refractivity contribution is 6.31. The lowest BCUT2D eigenvalue weighted by Gasteiger charge is -2.22. The van der Waals surface area contributed by atoms with Gasteiger partial charge in [-0.2, -0.15) is 0 Å². The average molecular weight is 270 g/mol. The molecule has 0 spiro atoms. The Balaban J connectivity index is 1.90. The number of anilines is 1. The minimum Gasteiger partial charge on any atom is -0.459 e. The summed E-state index contributed by atoms with van der Waals surface area (Å²) in [6, 6.07) is 4.68. The van der Waals surface area contributed by atoms with Crippen LogP contribution in [0.2, 0.25) is 5.02 Å². The SMILES string of the molecule is Nc1cc(Cl)cc(C(=O)OCC2CCCCO2)c1. The Kier molecular flexibility index (Phi) is 4.44. The Morgan fingerprint density at radius 3 is 2.94 bits per heavy atom. The fourth-order valence-corrected chi connectivity index (χ4v) is 2.16. The first-order chi connectivity index (χ1) is 8.65. The molecule has 1 saturated heterocycles. The third kappa shape index (κ3) is 3.62. The van der Waals surface area contributed by atoms with E-state index in [0.717, 1.165) is 25.9 Å². The van der Waals surface area contributed by atoms with Gasteiger partial charge < -0.3 is 15.2 Å². The largest absolute Gasteiger partial charge is 0.459 e. The smallest absolute Gasteiger partial charge is 0.338 e. The first kappa shape index (κ1) is 13.2. The number of ether oxygens (including phenoxy) is 2. The van der Waals surface area contributed by atoms with Crippen LogP contribution >= 0.6 is 11.6 Å². The standard InChI is InChI=1S/C13H16ClNO3/c14-10-5-9(6-11(15)7-10)13(16)18-8-12-3-1-2-4-17-12/h5-7,12H,1-4,8,15H2. The molecule has 0 amide bonds. The van der Waals surface area contributed by atoms with Crippen LogP contribution in [0.5, 0.6) is 0 Å². The van der Waals surface area contributed by atoms with E-state index in [4.69, 9.17) is 26.8 Å². The van der Waals surface area contributed by atoms with Crippen LogP contribution < -0.4 is 5.73 Å². The molecule has 0 radical (unpaired) electrons. The van der Waals surface area contributed by atoms with Gasteiger partial charge in [0.15, 0.2) is 0 Å². The molecule has 2 rings (SSSR count). The average Bonchev–Trinajstić information content (AvgIpc) is 2.36. The number of nitrogen functional groups attached to an aromatic ring is 1. The molecule has 98 valence electrons. The van der Waals surface area contributed by atoms with Gasteiger partial charge >= 0.3 is 5.97 Å². The summed E-state index contributed by atoms with van der Waals surface area (Å²) in [7, 11) is 0. The van der Waals surface area contributed by atoms with Crippen molar-refractivity contribution in [3.8, 4) is 0 Å². The summed E-state index contributed by atoms with van der Waals surface area (Å²) in [6.45, 7) is 1.03. The molecule has 0 aromatic heterocycles. The fourth-order valence-electron chi connectivity index (χ4n) is 1.92. The molecule has 1 heterocycles. The number of carbonyl (C=O) groups is 1. The van der Waals surface area contributed by atoms with E-state index in [1.807, 2.05) is 0 Å². The van der Waals surface area contributed by atoms with Crippen LogP contribution in [0.3, 0.4) is 0 Å². The van der Waals surface area contributed by atoms with Crippen molar-refractivity contribution in [2.75, 3.05) is 18.9 Å². The number of carbonyl (C=O) groups excluding carboxylic acids is 1. The van der Waals surface area contributed by atoms with Gasteiger partial charge in [0, 0.05) is 17.3 Å². The van der Waals surface area contributed by atoms with Crippen molar-refractivity contribution >= 4 is 23.3 Å². The second kappa shape index (κ2) is 6.07. The third-order valence-corrected chi connectivity index (χ3v) is 3.05. The van der Waals surface area contributed by atoms with Crippen molar-refractivity contribution in [3.05, 3.63) is 28.8 Å². The molecule has 0 saturated carbocycles. The molecule has 1 fully saturated rings. The first-order valence-electron chi connectivity index (χ1n) is 6.00. The molecule has 0 aliphatic carbocycles.